The molecule has 1 nitrogen and oxygen atoms in total. The Hall–Kier alpha value is 0.310. The van der Waals surface area contributed by atoms with Gasteiger partial charge in [-0.3, -0.25) is 0 Å². The predicted molar refractivity (Wildman–Crippen MR) is 87.4 cm³/mol. The van der Waals surface area contributed by atoms with Crippen molar-refractivity contribution in [1.29, 1.82) is 0 Å². The maximum absolute atomic E-state index is 6.13. The molecule has 0 aliphatic carbocycles. The van der Waals surface area contributed by atoms with Crippen molar-refractivity contribution in [2.24, 2.45) is 0 Å². The monoisotopic (exact) mass is 433 g/mol. The van der Waals surface area contributed by atoms with E-state index in [1.54, 1.807) is 6.92 Å². The standard InChI is InChI=1S/C15H20OSi.C2H5.2ClH.Zr/c1-15(2,3)13-10-11-8-6-7-9-12(11)14(13)16-17(4)5;1-2;;;/h6-10H,1-5H3;1H2,2H3;2*1H;/q2*-1;;;+4/p-2. The zero-order chi connectivity index (χ0) is 14.6. The molecule has 2 aromatic carbocycles. The Morgan fingerprint density at radius 2 is 1.55 bits per heavy atom. The van der Waals surface area contributed by atoms with Crippen LogP contribution in [-0.2, 0) is 31.6 Å². The van der Waals surface area contributed by atoms with E-state index in [9.17, 15) is 0 Å². The molecule has 5 heteroatoms. The fourth-order valence-electron chi connectivity index (χ4n) is 2.07. The second-order valence-corrected chi connectivity index (χ2v) is 7.76. The molecule has 0 bridgehead atoms. The average molecular weight is 436 g/mol. The number of benzene rings is 1. The van der Waals surface area contributed by atoms with Crippen LogP contribution in [0.4, 0.5) is 0 Å². The number of hydrogen-bond acceptors (Lipinski definition) is 1. The fraction of sp³-hybridized carbons (Fsp3) is 0.412. The molecular formula is C17H25Cl2OSiZr. The van der Waals surface area contributed by atoms with Crippen LogP contribution in [0.3, 0.4) is 0 Å². The minimum atomic E-state index is -0.729. The van der Waals surface area contributed by atoms with Gasteiger partial charge in [-0.15, -0.1) is 35.0 Å². The molecule has 2 aromatic rings. The maximum Gasteiger partial charge on any atom is 4.00 e. The molecule has 0 aliphatic heterocycles. The molecule has 0 aromatic heterocycles. The molecule has 0 fully saturated rings. The molecule has 0 unspecified atom stereocenters. The summed E-state index contributed by atoms with van der Waals surface area (Å²) in [5.41, 5.74) is 1.45. The van der Waals surface area contributed by atoms with Gasteiger partial charge in [0.15, 0.2) is 0 Å². The van der Waals surface area contributed by atoms with Gasteiger partial charge in [-0.25, -0.2) is 0 Å². The zero-order valence-electron chi connectivity index (χ0n) is 14.3. The van der Waals surface area contributed by atoms with Gasteiger partial charge in [0.25, 0.3) is 9.04 Å². The topological polar surface area (TPSA) is 9.23 Å². The third-order valence-corrected chi connectivity index (χ3v) is 3.48. The number of rotatable bonds is 2. The predicted octanol–water partition coefficient (Wildman–Crippen LogP) is -0.668. The van der Waals surface area contributed by atoms with Crippen LogP contribution in [0.25, 0.3) is 10.8 Å². The summed E-state index contributed by atoms with van der Waals surface area (Å²) in [5.74, 6) is 1.10. The first-order chi connectivity index (χ1) is 8.89. The molecule has 0 heterocycles. The van der Waals surface area contributed by atoms with Crippen molar-refractivity contribution in [3.05, 3.63) is 42.8 Å². The summed E-state index contributed by atoms with van der Waals surface area (Å²) < 4.78 is 6.13. The van der Waals surface area contributed by atoms with E-state index in [-0.39, 0.29) is 56.4 Å². The largest absolute Gasteiger partial charge is 4.00 e. The van der Waals surface area contributed by atoms with Crippen LogP contribution in [0, 0.1) is 6.92 Å². The molecule has 0 aliphatic rings. The Morgan fingerprint density at radius 1 is 1.05 bits per heavy atom. The van der Waals surface area contributed by atoms with Crippen LogP contribution in [0.2, 0.25) is 13.1 Å². The molecule has 0 N–H and O–H groups in total. The number of hydrogen-bond donors (Lipinski definition) is 0. The molecule has 121 valence electrons. The van der Waals surface area contributed by atoms with E-state index in [0.29, 0.717) is 0 Å². The first-order valence-electron chi connectivity index (χ1n) is 6.77. The Labute approximate surface area is 169 Å². The molecule has 1 radical (unpaired) electrons. The minimum Gasteiger partial charge on any atom is -1.00 e. The molecule has 0 spiro atoms. The number of fused-ring (bicyclic) bond motifs is 1. The summed E-state index contributed by atoms with van der Waals surface area (Å²) in [5, 5.41) is 2.54. The van der Waals surface area contributed by atoms with Gasteiger partial charge < -0.3 is 36.2 Å². The Bertz CT molecular complexity index is 533. The van der Waals surface area contributed by atoms with E-state index in [4.69, 9.17) is 4.43 Å². The van der Waals surface area contributed by atoms with Gasteiger partial charge >= 0.3 is 26.2 Å². The van der Waals surface area contributed by atoms with E-state index >= 15 is 0 Å². The van der Waals surface area contributed by atoms with Crippen LogP contribution >= 0.6 is 0 Å². The van der Waals surface area contributed by atoms with E-state index in [1.165, 1.54) is 16.3 Å². The van der Waals surface area contributed by atoms with Crippen molar-refractivity contribution < 1.29 is 55.4 Å². The van der Waals surface area contributed by atoms with Crippen LogP contribution in [-0.4, -0.2) is 9.04 Å². The smallest absolute Gasteiger partial charge is 1.00 e. The van der Waals surface area contributed by atoms with E-state index in [2.05, 4.69) is 71.1 Å². The van der Waals surface area contributed by atoms with Crippen molar-refractivity contribution >= 4 is 19.8 Å². The molecular weight excluding hydrogens is 410 g/mol. The normalized spacial score (nSPS) is 9.82. The summed E-state index contributed by atoms with van der Waals surface area (Å²) >= 11 is 0. The van der Waals surface area contributed by atoms with Crippen LogP contribution in [0.5, 0.6) is 5.75 Å². The van der Waals surface area contributed by atoms with E-state index in [0.717, 1.165) is 5.75 Å². The summed E-state index contributed by atoms with van der Waals surface area (Å²) in [6.45, 7) is 16.1. The van der Waals surface area contributed by atoms with Crippen molar-refractivity contribution in [3.63, 3.8) is 0 Å². The van der Waals surface area contributed by atoms with Gasteiger partial charge in [0, 0.05) is 0 Å². The van der Waals surface area contributed by atoms with Crippen molar-refractivity contribution in [3.8, 4) is 5.75 Å². The third-order valence-electron chi connectivity index (χ3n) is 2.86. The SMILES string of the molecule is C[Si](C)Oc1c(C(C)(C)C)[cH-]c2ccccc12.[CH2-]C.[Cl-].[Cl-].[Zr+4]. The van der Waals surface area contributed by atoms with Gasteiger partial charge in [-0.2, -0.15) is 6.92 Å². The van der Waals surface area contributed by atoms with Crippen LogP contribution in [0.1, 0.15) is 33.3 Å². The van der Waals surface area contributed by atoms with Gasteiger partial charge in [0.2, 0.25) is 0 Å². The fourth-order valence-corrected chi connectivity index (χ4v) is 2.70. The van der Waals surface area contributed by atoms with Crippen molar-refractivity contribution in [1.82, 2.24) is 0 Å². The zero-order valence-corrected chi connectivity index (χ0v) is 19.2. The van der Waals surface area contributed by atoms with Gasteiger partial charge in [0.1, 0.15) is 0 Å². The third kappa shape index (κ3) is 6.83. The quantitative estimate of drug-likeness (QED) is 0.449. The van der Waals surface area contributed by atoms with E-state index < -0.39 is 9.04 Å². The summed E-state index contributed by atoms with van der Waals surface area (Å²) in [4.78, 5) is 0. The molecule has 22 heavy (non-hydrogen) atoms. The molecule has 0 amide bonds. The molecule has 0 saturated carbocycles. The Balaban J connectivity index is -0.000000693. The number of halogens is 2. The summed E-state index contributed by atoms with van der Waals surface area (Å²) in [6, 6.07) is 10.8. The minimum absolute atomic E-state index is 0. The van der Waals surface area contributed by atoms with E-state index in [1.807, 2.05) is 0 Å². The Morgan fingerprint density at radius 3 is 2.00 bits per heavy atom. The van der Waals surface area contributed by atoms with Gasteiger partial charge in [-0.1, -0.05) is 32.4 Å². The molecule has 0 atom stereocenters. The molecule has 2 rings (SSSR count). The van der Waals surface area contributed by atoms with Crippen molar-refractivity contribution in [2.45, 2.75) is 46.2 Å². The second kappa shape index (κ2) is 11.8. The second-order valence-electron chi connectivity index (χ2n) is 5.73. The van der Waals surface area contributed by atoms with Gasteiger partial charge in [-0.05, 0) is 24.3 Å². The van der Waals surface area contributed by atoms with Gasteiger partial charge in [0.05, 0.1) is 0 Å². The first kappa shape index (κ1) is 27.2. The van der Waals surface area contributed by atoms with Crippen LogP contribution < -0.4 is 29.2 Å². The summed E-state index contributed by atoms with van der Waals surface area (Å²) in [7, 11) is -0.729. The summed E-state index contributed by atoms with van der Waals surface area (Å²) in [6.07, 6.45) is 0. The van der Waals surface area contributed by atoms with Crippen molar-refractivity contribution in [2.75, 3.05) is 0 Å². The maximum atomic E-state index is 6.13. The first-order valence-corrected chi connectivity index (χ1v) is 9.18. The molecule has 0 saturated heterocycles. The van der Waals surface area contributed by atoms with Crippen LogP contribution in [0.15, 0.2) is 30.3 Å². The average Bonchev–Trinajstić information content (AvgIpc) is 2.70. The Kier molecular flexibility index (Phi) is 14.6.